The van der Waals surface area contributed by atoms with E-state index in [4.69, 9.17) is 5.11 Å². The molecule has 1 aliphatic carbocycles. The molecule has 2 rings (SSSR count). The Bertz CT molecular complexity index is 489. The number of carboxylic acids is 1. The molecule has 0 aromatic carbocycles. The van der Waals surface area contributed by atoms with E-state index in [1.165, 1.54) is 11.3 Å². The number of amides is 1. The van der Waals surface area contributed by atoms with Crippen molar-refractivity contribution in [3.05, 3.63) is 11.1 Å². The fourth-order valence-corrected chi connectivity index (χ4v) is 3.32. The maximum Gasteiger partial charge on any atom is 0.309 e. The number of carbonyl (C=O) groups is 2. The molecule has 5 nitrogen and oxygen atoms in total. The molecular formula is C10H10Br2N2O3S. The predicted octanol–water partition coefficient (Wildman–Crippen LogP) is 2.60. The van der Waals surface area contributed by atoms with Crippen LogP contribution in [0.2, 0.25) is 0 Å². The minimum Gasteiger partial charge on any atom is -0.481 e. The second-order valence-electron chi connectivity index (χ2n) is 4.13. The third-order valence-electron chi connectivity index (χ3n) is 2.52. The number of nitrogens with one attached hydrogen (secondary N) is 1. The second kappa shape index (κ2) is 5.26. The zero-order valence-electron chi connectivity index (χ0n) is 9.15. The Morgan fingerprint density at radius 2 is 2.28 bits per heavy atom. The second-order valence-corrected chi connectivity index (χ2v) is 8.88. The van der Waals surface area contributed by atoms with Crippen molar-refractivity contribution in [2.45, 2.75) is 22.5 Å². The Balaban J connectivity index is 1.84. The van der Waals surface area contributed by atoms with Gasteiger partial charge in [0.1, 0.15) is 0 Å². The highest BCUT2D eigenvalue weighted by Crippen LogP contribution is 2.57. The van der Waals surface area contributed by atoms with Crippen LogP contribution in [0.15, 0.2) is 5.38 Å². The molecule has 1 amide bonds. The van der Waals surface area contributed by atoms with Crippen LogP contribution in [0.3, 0.4) is 0 Å². The van der Waals surface area contributed by atoms with Crippen molar-refractivity contribution < 1.29 is 14.7 Å². The number of anilines is 1. The van der Waals surface area contributed by atoms with Crippen molar-refractivity contribution >= 4 is 60.2 Å². The molecule has 1 heterocycles. The van der Waals surface area contributed by atoms with Crippen LogP contribution < -0.4 is 5.32 Å². The molecule has 1 saturated carbocycles. The Hall–Kier alpha value is -0.470. The molecule has 0 spiro atoms. The van der Waals surface area contributed by atoms with Gasteiger partial charge < -0.3 is 10.4 Å². The van der Waals surface area contributed by atoms with Crippen molar-refractivity contribution in [2.24, 2.45) is 5.92 Å². The van der Waals surface area contributed by atoms with Gasteiger partial charge in [-0.2, -0.15) is 0 Å². The van der Waals surface area contributed by atoms with E-state index in [0.29, 0.717) is 17.2 Å². The number of thiazole rings is 1. The highest BCUT2D eigenvalue weighted by molar-refractivity contribution is 9.25. The Labute approximate surface area is 124 Å². The molecule has 1 fully saturated rings. The van der Waals surface area contributed by atoms with Gasteiger partial charge in [-0.05, 0) is 12.3 Å². The molecule has 2 N–H and O–H groups in total. The summed E-state index contributed by atoms with van der Waals surface area (Å²) in [5, 5.41) is 13.4. The third-order valence-corrected chi connectivity index (χ3v) is 5.27. The van der Waals surface area contributed by atoms with Gasteiger partial charge in [0.15, 0.2) is 5.13 Å². The van der Waals surface area contributed by atoms with Crippen LogP contribution in [-0.4, -0.2) is 25.2 Å². The molecule has 0 saturated heterocycles. The first-order valence-electron chi connectivity index (χ1n) is 5.20. The molecule has 1 aromatic heterocycles. The highest BCUT2D eigenvalue weighted by Gasteiger charge is 2.50. The number of aliphatic carboxylic acids is 1. The topological polar surface area (TPSA) is 79.3 Å². The van der Waals surface area contributed by atoms with Gasteiger partial charge in [0, 0.05) is 11.8 Å². The highest BCUT2D eigenvalue weighted by atomic mass is 79.9. The van der Waals surface area contributed by atoms with Gasteiger partial charge in [-0.1, -0.05) is 31.9 Å². The number of halogens is 2. The Morgan fingerprint density at radius 1 is 1.61 bits per heavy atom. The predicted molar refractivity (Wildman–Crippen MR) is 75.4 cm³/mol. The van der Waals surface area contributed by atoms with Crippen LogP contribution in [-0.2, 0) is 16.0 Å². The molecule has 0 aliphatic heterocycles. The average Bonchev–Trinajstić information content (AvgIpc) is 2.64. The minimum atomic E-state index is -0.931. The zero-order chi connectivity index (χ0) is 13.3. The summed E-state index contributed by atoms with van der Waals surface area (Å²) in [4.78, 5) is 26.2. The number of carbonyl (C=O) groups excluding carboxylic acids is 1. The number of aromatic nitrogens is 1. The Morgan fingerprint density at radius 3 is 2.83 bits per heavy atom. The van der Waals surface area contributed by atoms with E-state index < -0.39 is 5.97 Å². The summed E-state index contributed by atoms with van der Waals surface area (Å²) in [6, 6.07) is 0. The number of carboxylic acid groups (broad SMARTS) is 1. The number of rotatable bonds is 5. The van der Waals surface area contributed by atoms with Crippen LogP contribution in [0, 0.1) is 5.92 Å². The lowest BCUT2D eigenvalue weighted by molar-refractivity contribution is -0.136. The molecule has 0 radical (unpaired) electrons. The monoisotopic (exact) mass is 396 g/mol. The summed E-state index contributed by atoms with van der Waals surface area (Å²) in [6.07, 6.45) is 1.22. The fraction of sp³-hybridized carbons (Fsp3) is 0.500. The summed E-state index contributed by atoms with van der Waals surface area (Å²) in [6.45, 7) is 0. The van der Waals surface area contributed by atoms with Gasteiger partial charge in [-0.15, -0.1) is 11.3 Å². The molecule has 1 unspecified atom stereocenters. The van der Waals surface area contributed by atoms with Crippen LogP contribution in [0.25, 0.3) is 0 Å². The van der Waals surface area contributed by atoms with Gasteiger partial charge in [-0.25, -0.2) is 4.98 Å². The SMILES string of the molecule is O=C(O)Cc1csc(NC(=O)CC2CC2(Br)Br)n1. The first-order valence-corrected chi connectivity index (χ1v) is 7.67. The van der Waals surface area contributed by atoms with Gasteiger partial charge in [0.2, 0.25) is 5.91 Å². The molecule has 0 bridgehead atoms. The number of hydrogen-bond acceptors (Lipinski definition) is 4. The van der Waals surface area contributed by atoms with Crippen molar-refractivity contribution in [1.82, 2.24) is 4.98 Å². The van der Waals surface area contributed by atoms with E-state index in [9.17, 15) is 9.59 Å². The number of hydrogen-bond donors (Lipinski definition) is 2. The average molecular weight is 398 g/mol. The minimum absolute atomic E-state index is 0.0886. The van der Waals surface area contributed by atoms with Crippen molar-refractivity contribution in [1.29, 1.82) is 0 Å². The molecule has 1 aromatic rings. The molecule has 1 aliphatic rings. The van der Waals surface area contributed by atoms with Crippen LogP contribution in [0.5, 0.6) is 0 Å². The van der Waals surface area contributed by atoms with Crippen LogP contribution in [0.4, 0.5) is 5.13 Å². The standard InChI is InChI=1S/C10H10Br2N2O3S/c11-10(12)3-5(10)1-7(15)14-9-13-6(4-18-9)2-8(16)17/h4-5H,1-3H2,(H,16,17)(H,13,14,15). The first-order chi connectivity index (χ1) is 8.37. The molecule has 8 heteroatoms. The molecule has 1 atom stereocenters. The lowest BCUT2D eigenvalue weighted by Crippen LogP contribution is -2.13. The number of nitrogens with zero attached hydrogens (tertiary/aromatic N) is 1. The van der Waals surface area contributed by atoms with Crippen LogP contribution >= 0.6 is 43.2 Å². The summed E-state index contributed by atoms with van der Waals surface area (Å²) in [5.41, 5.74) is 0.463. The van der Waals surface area contributed by atoms with E-state index in [1.807, 2.05) is 0 Å². The van der Waals surface area contributed by atoms with E-state index in [1.54, 1.807) is 5.38 Å². The summed E-state index contributed by atoms with van der Waals surface area (Å²) in [7, 11) is 0. The normalized spacial score (nSPS) is 20.4. The van der Waals surface area contributed by atoms with Gasteiger partial charge in [0.05, 0.1) is 15.3 Å². The molecule has 98 valence electrons. The third kappa shape index (κ3) is 3.76. The van der Waals surface area contributed by atoms with E-state index in [0.717, 1.165) is 6.42 Å². The quantitative estimate of drug-likeness (QED) is 0.748. The van der Waals surface area contributed by atoms with Gasteiger partial charge >= 0.3 is 5.97 Å². The molecular weight excluding hydrogens is 388 g/mol. The summed E-state index contributed by atoms with van der Waals surface area (Å²) >= 11 is 8.15. The summed E-state index contributed by atoms with van der Waals surface area (Å²) < 4.78 is -0.0886. The maximum atomic E-state index is 11.7. The fourth-order valence-electron chi connectivity index (χ4n) is 1.49. The summed E-state index contributed by atoms with van der Waals surface area (Å²) in [5.74, 6) is -0.743. The van der Waals surface area contributed by atoms with Crippen LogP contribution in [0.1, 0.15) is 18.5 Å². The van der Waals surface area contributed by atoms with Gasteiger partial charge in [0.25, 0.3) is 0 Å². The lowest BCUT2D eigenvalue weighted by Gasteiger charge is -2.01. The lowest BCUT2D eigenvalue weighted by atomic mass is 10.3. The van der Waals surface area contributed by atoms with Crippen molar-refractivity contribution in [3.63, 3.8) is 0 Å². The van der Waals surface area contributed by atoms with Gasteiger partial charge in [-0.3, -0.25) is 9.59 Å². The van der Waals surface area contributed by atoms with Crippen molar-refractivity contribution in [3.8, 4) is 0 Å². The largest absolute Gasteiger partial charge is 0.481 e. The zero-order valence-corrected chi connectivity index (χ0v) is 13.1. The first kappa shape index (κ1) is 14.0. The Kier molecular flexibility index (Phi) is 4.08. The van der Waals surface area contributed by atoms with E-state index in [2.05, 4.69) is 42.2 Å². The van der Waals surface area contributed by atoms with Crippen molar-refractivity contribution in [2.75, 3.05) is 5.32 Å². The van der Waals surface area contributed by atoms with E-state index in [-0.39, 0.29) is 21.5 Å². The smallest absolute Gasteiger partial charge is 0.309 e. The van der Waals surface area contributed by atoms with E-state index >= 15 is 0 Å². The number of alkyl halides is 2. The maximum absolute atomic E-state index is 11.7. The molecule has 18 heavy (non-hydrogen) atoms.